The molecule has 0 aliphatic carbocycles. The Morgan fingerprint density at radius 1 is 0.907 bits per heavy atom. The molecule has 5 rings (SSSR count). The molecule has 15 heteroatoms. The van der Waals surface area contributed by atoms with Gasteiger partial charge in [0.25, 0.3) is 0 Å². The van der Waals surface area contributed by atoms with E-state index in [0.29, 0.717) is 67.7 Å². The second kappa shape index (κ2) is 22.3. The minimum atomic E-state index is -0.598. The van der Waals surface area contributed by atoms with Crippen molar-refractivity contribution in [1.29, 1.82) is 0 Å². The number of anilines is 7. The molecule has 54 heavy (non-hydrogen) atoms. The molecule has 1 fully saturated rings. The molecule has 1 atom stereocenters. The summed E-state index contributed by atoms with van der Waals surface area (Å²) in [6.07, 6.45) is 5.16. The highest BCUT2D eigenvalue weighted by Gasteiger charge is 2.22. The van der Waals surface area contributed by atoms with Crippen LogP contribution in [0, 0.1) is 11.7 Å². The summed E-state index contributed by atoms with van der Waals surface area (Å²) in [5, 5.41) is 14.9. The Morgan fingerprint density at radius 3 is 2.44 bits per heavy atom. The van der Waals surface area contributed by atoms with Crippen molar-refractivity contribution in [3.8, 4) is 5.75 Å². The number of methoxy groups -OCH3 is 1. The number of hydrogen-bond donors (Lipinski definition) is 6. The largest absolute Gasteiger partial charge is 0.491 e. The molecule has 3 aromatic carbocycles. The standard InChI is InChI=1S/C24H27FN6O3.C15H22N2O3/c1-33-11-12-34-20-7-5-17(6-8-20)30-24-27-15-21(25)22(31-24)28-18-3-2-4-19(13-18)29-23(32)16-9-10-26-14-16;1-2-15(19)20-11-7-3-4-10-14(18)17-13-9-6-5-8-12(13)16/h2-8,13,15-16,26H,9-12,14H2,1H3,(H,29,32)(H2,27,28,30,31);5-6,8-9H,2-4,7,10-11,16H2,1H3,(H,17,18). The third-order valence-electron chi connectivity index (χ3n) is 8.07. The molecule has 0 spiro atoms. The zero-order chi connectivity index (χ0) is 38.5. The van der Waals surface area contributed by atoms with Crippen molar-refractivity contribution in [1.82, 2.24) is 15.3 Å². The number of benzene rings is 3. The number of ether oxygens (including phenoxy) is 3. The lowest BCUT2D eigenvalue weighted by Crippen LogP contribution is -2.24. The van der Waals surface area contributed by atoms with Gasteiger partial charge in [-0.1, -0.05) is 25.1 Å². The summed E-state index contributed by atoms with van der Waals surface area (Å²) < 4.78 is 29.8. The highest BCUT2D eigenvalue weighted by atomic mass is 19.1. The van der Waals surface area contributed by atoms with Crippen LogP contribution in [-0.4, -0.2) is 67.8 Å². The molecular formula is C39H49FN8O6. The van der Waals surface area contributed by atoms with E-state index in [-0.39, 0.29) is 35.5 Å². The van der Waals surface area contributed by atoms with Crippen molar-refractivity contribution in [3.05, 3.63) is 84.8 Å². The zero-order valence-corrected chi connectivity index (χ0v) is 30.7. The van der Waals surface area contributed by atoms with E-state index in [1.165, 1.54) is 0 Å². The summed E-state index contributed by atoms with van der Waals surface area (Å²) in [6, 6.07) is 21.5. The lowest BCUT2D eigenvalue weighted by atomic mass is 10.1. The lowest BCUT2D eigenvalue weighted by molar-refractivity contribution is -0.143. The smallest absolute Gasteiger partial charge is 0.305 e. The molecule has 1 aliphatic rings. The van der Waals surface area contributed by atoms with Gasteiger partial charge in [0.1, 0.15) is 12.4 Å². The fourth-order valence-electron chi connectivity index (χ4n) is 5.13. The van der Waals surface area contributed by atoms with E-state index < -0.39 is 5.82 Å². The summed E-state index contributed by atoms with van der Waals surface area (Å²) >= 11 is 0. The number of aromatic nitrogens is 2. The molecular weight excluding hydrogens is 695 g/mol. The molecule has 14 nitrogen and oxygen atoms in total. The van der Waals surface area contributed by atoms with Crippen molar-refractivity contribution >= 4 is 58.0 Å². The number of amides is 2. The molecule has 4 aromatic rings. The van der Waals surface area contributed by atoms with Crippen molar-refractivity contribution in [3.63, 3.8) is 0 Å². The third kappa shape index (κ3) is 14.3. The summed E-state index contributed by atoms with van der Waals surface area (Å²) in [5.74, 6) is 0.0546. The van der Waals surface area contributed by atoms with Crippen LogP contribution in [0.3, 0.4) is 0 Å². The van der Waals surface area contributed by atoms with Gasteiger partial charge in [0, 0.05) is 43.6 Å². The Kier molecular flexibility index (Phi) is 16.9. The molecule has 7 N–H and O–H groups in total. The Hall–Kier alpha value is -5.80. The minimum absolute atomic E-state index is 0.0143. The van der Waals surface area contributed by atoms with Crippen molar-refractivity contribution in [2.75, 3.05) is 67.0 Å². The number of nitrogen functional groups attached to an aromatic ring is 1. The number of halogens is 1. The topological polar surface area (TPSA) is 191 Å². The molecule has 1 aliphatic heterocycles. The van der Waals surface area contributed by atoms with Gasteiger partial charge in [-0.15, -0.1) is 0 Å². The van der Waals surface area contributed by atoms with E-state index in [2.05, 4.69) is 36.6 Å². The van der Waals surface area contributed by atoms with E-state index in [0.717, 1.165) is 44.1 Å². The average molecular weight is 745 g/mol. The maximum absolute atomic E-state index is 14.4. The fourth-order valence-corrected chi connectivity index (χ4v) is 5.13. The summed E-state index contributed by atoms with van der Waals surface area (Å²) in [7, 11) is 1.62. The van der Waals surface area contributed by atoms with Gasteiger partial charge in [-0.05, 0) is 86.8 Å². The SMILES string of the molecule is CCC(=O)OCCCCCC(=O)Nc1ccccc1N.COCCOc1ccc(Nc2ncc(F)c(Nc3cccc(NC(=O)C4CCNC4)c3)n2)cc1. The number of nitrogens with one attached hydrogen (secondary N) is 5. The number of para-hydroxylation sites is 2. The minimum Gasteiger partial charge on any atom is -0.491 e. The molecule has 288 valence electrons. The first-order valence-electron chi connectivity index (χ1n) is 17.9. The Balaban J connectivity index is 0.000000278. The van der Waals surface area contributed by atoms with Gasteiger partial charge in [-0.25, -0.2) is 9.37 Å². The molecule has 1 saturated heterocycles. The molecule has 1 unspecified atom stereocenters. The zero-order valence-electron chi connectivity index (χ0n) is 30.7. The maximum atomic E-state index is 14.4. The van der Waals surface area contributed by atoms with Crippen LogP contribution in [0.1, 0.15) is 45.4 Å². The van der Waals surface area contributed by atoms with Gasteiger partial charge in [-0.2, -0.15) is 4.98 Å². The highest BCUT2D eigenvalue weighted by Crippen LogP contribution is 2.24. The first-order valence-corrected chi connectivity index (χ1v) is 17.9. The van der Waals surface area contributed by atoms with E-state index in [9.17, 15) is 18.8 Å². The Morgan fingerprint density at radius 2 is 1.70 bits per heavy atom. The number of rotatable bonds is 18. The summed E-state index contributed by atoms with van der Waals surface area (Å²) in [6.45, 7) is 4.68. The number of carbonyl (C=O) groups is 3. The molecule has 2 heterocycles. The number of hydrogen-bond acceptors (Lipinski definition) is 12. The van der Waals surface area contributed by atoms with Gasteiger partial charge in [0.2, 0.25) is 17.8 Å². The lowest BCUT2D eigenvalue weighted by Gasteiger charge is -2.13. The quantitative estimate of drug-likeness (QED) is 0.0374. The van der Waals surface area contributed by atoms with Crippen LogP contribution in [0.15, 0.2) is 79.0 Å². The van der Waals surface area contributed by atoms with Gasteiger partial charge >= 0.3 is 5.97 Å². The summed E-state index contributed by atoms with van der Waals surface area (Å²) in [5.41, 5.74) is 8.89. The number of carbonyl (C=O) groups excluding carboxylic acids is 3. The van der Waals surface area contributed by atoms with E-state index >= 15 is 0 Å². The molecule has 2 amide bonds. The first kappa shape index (κ1) is 41.0. The highest BCUT2D eigenvalue weighted by molar-refractivity contribution is 5.94. The van der Waals surface area contributed by atoms with Gasteiger partial charge in [-0.3, -0.25) is 14.4 Å². The van der Waals surface area contributed by atoms with Crippen LogP contribution in [-0.2, 0) is 23.9 Å². The van der Waals surface area contributed by atoms with Crippen molar-refractivity contribution in [2.24, 2.45) is 5.92 Å². The predicted molar refractivity (Wildman–Crippen MR) is 208 cm³/mol. The van der Waals surface area contributed by atoms with Crippen LogP contribution in [0.4, 0.5) is 44.6 Å². The van der Waals surface area contributed by atoms with Crippen molar-refractivity contribution < 1.29 is 33.0 Å². The van der Waals surface area contributed by atoms with Crippen LogP contribution in [0.5, 0.6) is 5.75 Å². The molecule has 0 radical (unpaired) electrons. The van der Waals surface area contributed by atoms with E-state index in [1.54, 1.807) is 50.4 Å². The summed E-state index contributed by atoms with van der Waals surface area (Å²) in [4.78, 5) is 43.2. The molecule has 0 bridgehead atoms. The average Bonchev–Trinajstić information content (AvgIpc) is 3.72. The van der Waals surface area contributed by atoms with Crippen molar-refractivity contribution in [2.45, 2.75) is 45.4 Å². The van der Waals surface area contributed by atoms with Gasteiger partial charge in [0.15, 0.2) is 11.6 Å². The number of nitrogens with two attached hydrogens (primary N) is 1. The molecule has 0 saturated carbocycles. The number of esters is 1. The van der Waals surface area contributed by atoms with Crippen LogP contribution < -0.4 is 37.1 Å². The van der Waals surface area contributed by atoms with Crippen LogP contribution in [0.2, 0.25) is 0 Å². The normalized spacial score (nSPS) is 13.2. The number of unbranched alkanes of at least 4 members (excludes halogenated alkanes) is 2. The van der Waals surface area contributed by atoms with Gasteiger partial charge in [0.05, 0.1) is 36.7 Å². The monoisotopic (exact) mass is 744 g/mol. The fraction of sp³-hybridized carbons (Fsp3) is 0.359. The molecule has 1 aromatic heterocycles. The van der Waals surface area contributed by atoms with Gasteiger partial charge < -0.3 is 46.5 Å². The number of nitrogens with zero attached hydrogens (tertiary/aromatic N) is 2. The van der Waals surface area contributed by atoms with E-state index in [1.807, 2.05) is 36.4 Å². The second-order valence-electron chi connectivity index (χ2n) is 12.3. The maximum Gasteiger partial charge on any atom is 0.305 e. The van der Waals surface area contributed by atoms with Crippen LogP contribution >= 0.6 is 0 Å². The second-order valence-corrected chi connectivity index (χ2v) is 12.3. The first-order chi connectivity index (χ1) is 26.2. The van der Waals surface area contributed by atoms with Crippen LogP contribution in [0.25, 0.3) is 0 Å². The third-order valence-corrected chi connectivity index (χ3v) is 8.07. The predicted octanol–water partition coefficient (Wildman–Crippen LogP) is 6.40. The Bertz CT molecular complexity index is 1790. The van der Waals surface area contributed by atoms with E-state index in [4.69, 9.17) is 19.9 Å². The Labute approximate surface area is 314 Å².